The van der Waals surface area contributed by atoms with Crippen molar-refractivity contribution in [3.63, 3.8) is 0 Å². The van der Waals surface area contributed by atoms with Crippen LogP contribution in [0.4, 0.5) is 18.9 Å². The summed E-state index contributed by atoms with van der Waals surface area (Å²) in [5.41, 5.74) is 0.711. The minimum absolute atomic E-state index is 0.0834. The van der Waals surface area contributed by atoms with E-state index in [9.17, 15) is 31.2 Å². The van der Waals surface area contributed by atoms with Crippen LogP contribution in [0.1, 0.15) is 11.1 Å². The lowest BCUT2D eigenvalue weighted by molar-refractivity contribution is -0.142. The molecule has 0 fully saturated rings. The monoisotopic (exact) mass is 477 g/mol. The van der Waals surface area contributed by atoms with Crippen LogP contribution in [0.2, 0.25) is 5.02 Å². The highest BCUT2D eigenvalue weighted by Crippen LogP contribution is 2.23. The first-order chi connectivity index (χ1) is 14.3. The summed E-state index contributed by atoms with van der Waals surface area (Å²) in [4.78, 5) is 25.0. The van der Waals surface area contributed by atoms with Gasteiger partial charge in [-0.25, -0.2) is 13.1 Å². The number of nitrogens with one attached hydrogen (secondary N) is 2. The number of carbonyl (C=O) groups excluding carboxylic acids is 2. The van der Waals surface area contributed by atoms with Gasteiger partial charge in [0.05, 0.1) is 6.26 Å². The van der Waals surface area contributed by atoms with Crippen molar-refractivity contribution in [2.75, 3.05) is 17.7 Å². The molecule has 2 amide bonds. The Hall–Kier alpha value is -2.63. The maximum atomic E-state index is 13.1. The number of nitrogens with zero attached hydrogens (tertiary/aromatic N) is 1. The Balaban J connectivity index is 2.19. The molecular formula is C19H19ClF3N3O4S. The first-order valence-corrected chi connectivity index (χ1v) is 11.1. The zero-order chi connectivity index (χ0) is 23.2. The van der Waals surface area contributed by atoms with Crippen LogP contribution in [0.25, 0.3) is 0 Å². The lowest BCUT2D eigenvalue weighted by atomic mass is 10.2. The molecule has 0 aliphatic carbocycles. The van der Waals surface area contributed by atoms with E-state index in [0.29, 0.717) is 21.0 Å². The summed E-state index contributed by atoms with van der Waals surface area (Å²) in [6, 6.07) is 11.6. The highest BCUT2D eigenvalue weighted by molar-refractivity contribution is 7.88. The Morgan fingerprint density at radius 1 is 1.03 bits per heavy atom. The Labute approximate surface area is 182 Å². The molecule has 2 aromatic rings. The van der Waals surface area contributed by atoms with E-state index in [0.717, 1.165) is 6.26 Å². The molecular weight excluding hydrogens is 459 g/mol. The molecule has 0 saturated carbocycles. The number of alkyl halides is 3. The zero-order valence-electron chi connectivity index (χ0n) is 16.2. The molecule has 2 aromatic carbocycles. The topological polar surface area (TPSA) is 95.6 Å². The van der Waals surface area contributed by atoms with Gasteiger partial charge in [0.15, 0.2) is 0 Å². The van der Waals surface area contributed by atoms with Crippen molar-refractivity contribution in [2.45, 2.75) is 19.3 Å². The molecule has 0 unspecified atom stereocenters. The molecule has 7 nitrogen and oxygen atoms in total. The third-order valence-corrected chi connectivity index (χ3v) is 4.82. The predicted octanol–water partition coefficient (Wildman–Crippen LogP) is 2.60. The van der Waals surface area contributed by atoms with Gasteiger partial charge in [-0.15, -0.1) is 0 Å². The normalized spacial score (nSPS) is 11.8. The van der Waals surface area contributed by atoms with Gasteiger partial charge in [0, 0.05) is 23.8 Å². The molecule has 0 aliphatic rings. The molecule has 2 rings (SSSR count). The number of rotatable bonds is 7. The average molecular weight is 478 g/mol. The molecule has 0 spiro atoms. The number of sulfonamides is 1. The third-order valence-electron chi connectivity index (χ3n) is 3.90. The molecule has 12 heteroatoms. The number of halogens is 4. The molecule has 31 heavy (non-hydrogen) atoms. The van der Waals surface area contributed by atoms with Gasteiger partial charge in [-0.05, 0) is 35.4 Å². The number of hydrogen-bond acceptors (Lipinski definition) is 4. The number of anilines is 1. The van der Waals surface area contributed by atoms with E-state index < -0.39 is 34.6 Å². The van der Waals surface area contributed by atoms with Gasteiger partial charge in [0.2, 0.25) is 10.0 Å². The average Bonchev–Trinajstić information content (AvgIpc) is 2.68. The van der Waals surface area contributed by atoms with E-state index in [1.165, 1.54) is 24.3 Å². The van der Waals surface area contributed by atoms with Crippen LogP contribution in [-0.4, -0.2) is 39.2 Å². The van der Waals surface area contributed by atoms with Gasteiger partial charge in [0.25, 0.3) is 0 Å². The van der Waals surface area contributed by atoms with E-state index in [1.54, 1.807) is 24.3 Å². The SMILES string of the molecule is CS(=O)(=O)NCc1cccc(N(CC(F)(F)F)C(=O)C(=O)NCc2ccc(Cl)cc2)c1. The van der Waals surface area contributed by atoms with E-state index in [1.807, 2.05) is 0 Å². The minimum Gasteiger partial charge on any atom is -0.344 e. The van der Waals surface area contributed by atoms with Crippen molar-refractivity contribution < 1.29 is 31.2 Å². The fourth-order valence-corrected chi connectivity index (χ4v) is 3.05. The van der Waals surface area contributed by atoms with Gasteiger partial charge in [0.1, 0.15) is 6.54 Å². The molecule has 0 aromatic heterocycles. The third kappa shape index (κ3) is 8.56. The van der Waals surface area contributed by atoms with E-state index in [-0.39, 0.29) is 18.8 Å². The summed E-state index contributed by atoms with van der Waals surface area (Å²) in [5.74, 6) is -2.63. The molecule has 0 radical (unpaired) electrons. The van der Waals surface area contributed by atoms with Crippen LogP contribution in [0.3, 0.4) is 0 Å². The van der Waals surface area contributed by atoms with Crippen molar-refractivity contribution in [1.29, 1.82) is 0 Å². The van der Waals surface area contributed by atoms with Gasteiger partial charge in [-0.1, -0.05) is 35.9 Å². The molecule has 0 bridgehead atoms. The molecule has 0 atom stereocenters. The second-order valence-electron chi connectivity index (χ2n) is 6.58. The van der Waals surface area contributed by atoms with Crippen LogP contribution >= 0.6 is 11.6 Å². The summed E-state index contributed by atoms with van der Waals surface area (Å²) in [6.07, 6.45) is -3.84. The summed E-state index contributed by atoms with van der Waals surface area (Å²) in [5, 5.41) is 2.75. The van der Waals surface area contributed by atoms with Crippen LogP contribution in [0.15, 0.2) is 48.5 Å². The van der Waals surface area contributed by atoms with Gasteiger partial charge < -0.3 is 5.32 Å². The molecule has 0 aliphatic heterocycles. The standard InChI is InChI=1S/C19H19ClF3N3O4S/c1-31(29,30)25-11-14-3-2-4-16(9-14)26(12-19(21,22)23)18(28)17(27)24-10-13-5-7-15(20)8-6-13/h2-9,25H,10-12H2,1H3,(H,24,27). The number of carbonyl (C=O) groups is 2. The number of hydrogen-bond donors (Lipinski definition) is 2. The van der Waals surface area contributed by atoms with Crippen LogP contribution < -0.4 is 14.9 Å². The molecule has 0 saturated heterocycles. The van der Waals surface area contributed by atoms with Gasteiger partial charge in [-0.3, -0.25) is 14.5 Å². The van der Waals surface area contributed by atoms with Crippen molar-refractivity contribution in [2.24, 2.45) is 0 Å². The highest BCUT2D eigenvalue weighted by atomic mass is 35.5. The first-order valence-electron chi connectivity index (χ1n) is 8.78. The van der Waals surface area contributed by atoms with Crippen LogP contribution in [0, 0.1) is 0 Å². The number of benzene rings is 2. The summed E-state index contributed by atoms with van der Waals surface area (Å²) in [7, 11) is -3.53. The quantitative estimate of drug-likeness (QED) is 0.599. The second kappa shape index (κ2) is 10.1. The van der Waals surface area contributed by atoms with Gasteiger partial charge in [-0.2, -0.15) is 13.2 Å². The van der Waals surface area contributed by atoms with Crippen LogP contribution in [-0.2, 0) is 32.7 Å². The first kappa shape index (κ1) is 24.6. The smallest absolute Gasteiger partial charge is 0.344 e. The fourth-order valence-electron chi connectivity index (χ4n) is 2.49. The fraction of sp³-hybridized carbons (Fsp3) is 0.263. The molecule has 2 N–H and O–H groups in total. The molecule has 0 heterocycles. The van der Waals surface area contributed by atoms with Crippen LogP contribution in [0.5, 0.6) is 0 Å². The number of amides is 2. The predicted molar refractivity (Wildman–Crippen MR) is 110 cm³/mol. The van der Waals surface area contributed by atoms with Crippen molar-refractivity contribution in [3.8, 4) is 0 Å². The lowest BCUT2D eigenvalue weighted by Crippen LogP contribution is -2.46. The van der Waals surface area contributed by atoms with E-state index in [2.05, 4.69) is 10.0 Å². The largest absolute Gasteiger partial charge is 0.406 e. The summed E-state index contributed by atoms with van der Waals surface area (Å²) < 4.78 is 63.9. The summed E-state index contributed by atoms with van der Waals surface area (Å²) in [6.45, 7) is -1.97. The Kier molecular flexibility index (Phi) is 8.04. The van der Waals surface area contributed by atoms with Crippen molar-refractivity contribution in [1.82, 2.24) is 10.0 Å². The highest BCUT2D eigenvalue weighted by Gasteiger charge is 2.36. The van der Waals surface area contributed by atoms with Crippen molar-refractivity contribution in [3.05, 3.63) is 64.7 Å². The Morgan fingerprint density at radius 3 is 2.26 bits per heavy atom. The molecule has 168 valence electrons. The Bertz CT molecular complexity index is 1040. The lowest BCUT2D eigenvalue weighted by Gasteiger charge is -2.24. The van der Waals surface area contributed by atoms with Gasteiger partial charge >= 0.3 is 18.0 Å². The summed E-state index contributed by atoms with van der Waals surface area (Å²) >= 11 is 5.76. The van der Waals surface area contributed by atoms with E-state index in [4.69, 9.17) is 11.6 Å². The zero-order valence-corrected chi connectivity index (χ0v) is 17.8. The minimum atomic E-state index is -4.77. The maximum absolute atomic E-state index is 13.1. The Morgan fingerprint density at radius 2 is 1.68 bits per heavy atom. The second-order valence-corrected chi connectivity index (χ2v) is 8.85. The maximum Gasteiger partial charge on any atom is 0.406 e. The van der Waals surface area contributed by atoms with Crippen molar-refractivity contribution >= 4 is 39.1 Å². The van der Waals surface area contributed by atoms with E-state index >= 15 is 0 Å².